The number of nitrogens with one attached hydrogen (secondary N) is 4. The van der Waals surface area contributed by atoms with Gasteiger partial charge < -0.3 is 27.0 Å². The lowest BCUT2D eigenvalue weighted by molar-refractivity contribution is 0.523. The average molecular weight is 1140 g/mol. The monoisotopic (exact) mass is 1140 g/mol. The first-order valence-corrected chi connectivity index (χ1v) is 29.0. The van der Waals surface area contributed by atoms with Gasteiger partial charge >= 0.3 is 0 Å². The summed E-state index contributed by atoms with van der Waals surface area (Å²) in [6, 6.07) is 61.5. The van der Waals surface area contributed by atoms with E-state index >= 15 is 0 Å². The molecule has 400 valence electrons. The van der Waals surface area contributed by atoms with Gasteiger partial charge in [0.05, 0.1) is 32.8 Å². The third-order valence-electron chi connectivity index (χ3n) is 13.4. The van der Waals surface area contributed by atoms with Crippen molar-refractivity contribution < 1.29 is 0 Å². The van der Waals surface area contributed by atoms with Crippen LogP contribution in [0.15, 0.2) is 219 Å². The Bertz CT molecular complexity index is 3850. The van der Waals surface area contributed by atoms with Crippen molar-refractivity contribution in [2.75, 3.05) is 27.0 Å². The van der Waals surface area contributed by atoms with E-state index < -0.39 is 0 Å². The molecule has 2 aliphatic heterocycles. The van der Waals surface area contributed by atoms with Crippen LogP contribution in [0, 0.1) is 0 Å². The number of benzene rings is 10. The van der Waals surface area contributed by atoms with E-state index in [-0.39, 0.29) is 11.3 Å². The molecule has 4 unspecified atom stereocenters. The van der Waals surface area contributed by atoms with Gasteiger partial charge in [-0.2, -0.15) is 0 Å². The summed E-state index contributed by atoms with van der Waals surface area (Å²) in [5, 5.41) is 51.9. The predicted octanol–water partition coefficient (Wildman–Crippen LogP) is 21.4. The Balaban J connectivity index is 0.000000154. The van der Waals surface area contributed by atoms with E-state index in [9.17, 15) is 0 Å². The molecule has 2 heterocycles. The highest BCUT2D eigenvalue weighted by atomic mass is 35.5. The number of nitrogen functional groups attached to an aromatic ring is 1. The average Bonchev–Trinajstić information content (AvgIpc) is 3.50. The molecule has 10 aromatic rings. The number of nitrogens with zero attached hydrogens (tertiary/aromatic N) is 6. The summed E-state index contributed by atoms with van der Waals surface area (Å²) >= 11 is 12.3. The van der Waals surface area contributed by atoms with Crippen molar-refractivity contribution in [2.45, 2.75) is 69.8 Å². The van der Waals surface area contributed by atoms with Crippen molar-refractivity contribution in [1.82, 2.24) is 0 Å². The molecular weight excluding hydrogens is 1070 g/mol. The van der Waals surface area contributed by atoms with Crippen LogP contribution >= 0.6 is 50.9 Å². The van der Waals surface area contributed by atoms with Gasteiger partial charge in [0, 0.05) is 60.2 Å². The number of nitrogens with two attached hydrogens (primary N) is 1. The van der Waals surface area contributed by atoms with Gasteiger partial charge in [-0.15, -0.1) is 58.4 Å². The molecule has 11 nitrogen and oxygen atoms in total. The molecule has 79 heavy (non-hydrogen) atoms. The molecule has 4 atom stereocenters. The maximum absolute atomic E-state index is 6.25. The first-order chi connectivity index (χ1) is 38.2. The lowest BCUT2D eigenvalue weighted by Gasteiger charge is -2.39. The molecule has 0 saturated carbocycles. The number of fused-ring (bicyclic) bond motifs is 2. The highest BCUT2D eigenvalue weighted by Gasteiger charge is 2.31. The summed E-state index contributed by atoms with van der Waals surface area (Å²) < 4.78 is 0. The predicted molar refractivity (Wildman–Crippen MR) is 350 cm³/mol. The number of halogens is 2. The first-order valence-electron chi connectivity index (χ1n) is 26.3. The molecular formula is C63H64Cl2N11P3. The van der Waals surface area contributed by atoms with Crippen molar-refractivity contribution in [3.05, 3.63) is 198 Å². The fourth-order valence-corrected chi connectivity index (χ4v) is 10.3. The van der Waals surface area contributed by atoms with Gasteiger partial charge in [0.15, 0.2) is 0 Å². The largest absolute Gasteiger partial charge is 0.398 e. The lowest BCUT2D eigenvalue weighted by Crippen LogP contribution is -2.45. The van der Waals surface area contributed by atoms with Crippen LogP contribution in [0.5, 0.6) is 0 Å². The first kappa shape index (κ1) is 56.6. The lowest BCUT2D eigenvalue weighted by atomic mass is 9.96. The van der Waals surface area contributed by atoms with Gasteiger partial charge in [-0.25, -0.2) is 0 Å². The summed E-state index contributed by atoms with van der Waals surface area (Å²) in [5.74, 6) is 0. The smallest absolute Gasteiger partial charge is 0.110 e. The Morgan fingerprint density at radius 1 is 0.405 bits per heavy atom. The highest BCUT2D eigenvalue weighted by Crippen LogP contribution is 2.46. The van der Waals surface area contributed by atoms with Gasteiger partial charge in [-0.1, -0.05) is 165 Å². The molecule has 12 rings (SSSR count). The molecule has 0 amide bonds. The van der Waals surface area contributed by atoms with Gasteiger partial charge in [0.25, 0.3) is 0 Å². The summed E-state index contributed by atoms with van der Waals surface area (Å²) in [7, 11) is 7.75. The van der Waals surface area contributed by atoms with Gasteiger partial charge in [0.2, 0.25) is 0 Å². The van der Waals surface area contributed by atoms with E-state index in [1.165, 1.54) is 22.1 Å². The minimum Gasteiger partial charge on any atom is -0.398 e. The Hall–Kier alpha value is -7.09. The normalized spacial score (nSPS) is 14.9. The maximum Gasteiger partial charge on any atom is 0.110 e. The van der Waals surface area contributed by atoms with Crippen molar-refractivity contribution in [3.8, 4) is 0 Å². The number of rotatable bonds is 10. The number of azo groups is 3. The second kappa shape index (κ2) is 25.8. The van der Waals surface area contributed by atoms with Crippen LogP contribution in [0.4, 0.5) is 62.6 Å². The second-order valence-electron chi connectivity index (χ2n) is 19.7. The molecule has 0 aliphatic carbocycles. The van der Waals surface area contributed by atoms with Crippen LogP contribution in [0.25, 0.3) is 43.1 Å². The zero-order valence-corrected chi connectivity index (χ0v) is 49.5. The number of anilines is 5. The van der Waals surface area contributed by atoms with Crippen molar-refractivity contribution >= 4 is 157 Å². The Morgan fingerprint density at radius 3 is 1.23 bits per heavy atom. The second-order valence-corrected chi connectivity index (χ2v) is 25.1. The summed E-state index contributed by atoms with van der Waals surface area (Å²) in [5.41, 5.74) is 15.4. The zero-order chi connectivity index (χ0) is 55.5. The molecule has 0 saturated heterocycles. The van der Waals surface area contributed by atoms with Crippen LogP contribution in [-0.4, -0.2) is 16.5 Å². The third-order valence-corrected chi connectivity index (χ3v) is 14.0. The quantitative estimate of drug-likeness (QED) is 0.0525. The molecule has 0 fully saturated rings. The standard InChI is InChI=1S/C31H27ClN6.C16H12ClN3.C15H18N2.CH7P3/c1-3-19-31(2)33-27-14-8-9-20-15-16-28(30(34-31)29(20)27)38-36-25-18-17-24(21-10-4-5-11-22(21)25)35-37-26-13-7-6-12-23(26)32;17-13-7-3-4-8-16(13)20-19-15-10-9-14(18)11-5-1-2-6-12(11)15;1-3-10-15(2)16-12-8-4-6-11-7-5-9-13(17-15)14(11)12;2-1(3)4/h4-18,33-34H,3,19H2,1-2H3;1-10H,18H2;4-9,16-17H,3,10H2,1-2H3;1H,2-4H2. The Labute approximate surface area is 479 Å². The fourth-order valence-electron chi connectivity index (χ4n) is 9.94. The SMILES string of the molecule is CCCC1(C)Nc2cccc3ccc(N=Nc4ccc(N=Nc5ccccc5Cl)c5ccccc45)c(c23)N1.CCCC1(C)Nc2cccc3cccc(c23)N1.Nc1ccc(N=Nc2ccccc2Cl)c2ccccc12.PC(P)P. The van der Waals surface area contributed by atoms with Crippen LogP contribution in [0.2, 0.25) is 10.0 Å². The van der Waals surface area contributed by atoms with Crippen LogP contribution in [0.3, 0.4) is 0 Å². The van der Waals surface area contributed by atoms with Gasteiger partial charge in [0.1, 0.15) is 28.4 Å². The minimum atomic E-state index is -0.261. The van der Waals surface area contributed by atoms with E-state index in [2.05, 4.69) is 158 Å². The molecule has 0 spiro atoms. The van der Waals surface area contributed by atoms with E-state index in [1.54, 1.807) is 12.1 Å². The van der Waals surface area contributed by atoms with E-state index in [4.69, 9.17) is 39.2 Å². The topological polar surface area (TPSA) is 148 Å². The fraction of sp³-hybridized carbons (Fsp3) is 0.175. The molecule has 2 aliphatic rings. The molecule has 16 heteroatoms. The summed E-state index contributed by atoms with van der Waals surface area (Å²) in [6.45, 7) is 8.83. The van der Waals surface area contributed by atoms with Gasteiger partial charge in [-0.05, 0) is 110 Å². The summed E-state index contributed by atoms with van der Waals surface area (Å²) in [6.07, 6.45) is 4.30. The number of hydrogen-bond donors (Lipinski definition) is 5. The van der Waals surface area contributed by atoms with Crippen molar-refractivity contribution in [3.63, 3.8) is 0 Å². The van der Waals surface area contributed by atoms with E-state index in [0.29, 0.717) is 26.6 Å². The summed E-state index contributed by atoms with van der Waals surface area (Å²) in [4.78, 5) is 0. The molecule has 0 bridgehead atoms. The van der Waals surface area contributed by atoms with Crippen molar-refractivity contribution in [2.24, 2.45) is 30.7 Å². The molecule has 0 radical (unpaired) electrons. The van der Waals surface area contributed by atoms with Crippen LogP contribution in [0.1, 0.15) is 53.4 Å². The third kappa shape index (κ3) is 13.7. The van der Waals surface area contributed by atoms with E-state index in [0.717, 1.165) is 97.8 Å². The maximum atomic E-state index is 6.25. The Kier molecular flexibility index (Phi) is 18.5. The zero-order valence-electron chi connectivity index (χ0n) is 44.6. The molecule has 6 N–H and O–H groups in total. The van der Waals surface area contributed by atoms with Crippen LogP contribution in [-0.2, 0) is 0 Å². The number of hydrogen-bond acceptors (Lipinski definition) is 11. The van der Waals surface area contributed by atoms with Crippen molar-refractivity contribution in [1.29, 1.82) is 0 Å². The highest BCUT2D eigenvalue weighted by molar-refractivity contribution is 7.55. The molecule has 10 aromatic carbocycles. The Morgan fingerprint density at radius 2 is 0.759 bits per heavy atom. The van der Waals surface area contributed by atoms with E-state index in [1.807, 2.05) is 115 Å². The van der Waals surface area contributed by atoms with Gasteiger partial charge in [-0.3, -0.25) is 0 Å². The molecule has 0 aromatic heterocycles. The van der Waals surface area contributed by atoms with Crippen LogP contribution < -0.4 is 27.0 Å². The minimum absolute atomic E-state index is 0.0304.